The molecule has 4 nitrogen and oxygen atoms in total. The van der Waals surface area contributed by atoms with Crippen LogP contribution in [0.5, 0.6) is 0 Å². The zero-order chi connectivity index (χ0) is 13.3. The van der Waals surface area contributed by atoms with Crippen LogP contribution in [0.2, 0.25) is 0 Å². The van der Waals surface area contributed by atoms with E-state index in [-0.39, 0.29) is 6.42 Å². The van der Waals surface area contributed by atoms with E-state index in [1.54, 1.807) is 0 Å². The van der Waals surface area contributed by atoms with Gasteiger partial charge in [-0.3, -0.25) is 4.79 Å². The predicted molar refractivity (Wildman–Crippen MR) is 67.5 cm³/mol. The minimum atomic E-state index is -1.10. The van der Waals surface area contributed by atoms with Gasteiger partial charge in [0.25, 0.3) is 0 Å². The van der Waals surface area contributed by atoms with Gasteiger partial charge in [0.05, 0.1) is 6.42 Å². The molecule has 4 heteroatoms. The molecule has 0 bridgehead atoms. The lowest BCUT2D eigenvalue weighted by molar-refractivity contribution is -0.139. The molecular weight excluding hydrogens is 232 g/mol. The van der Waals surface area contributed by atoms with Crippen LogP contribution in [-0.4, -0.2) is 16.2 Å². The smallest absolute Gasteiger partial charge is 0.306 e. The summed E-state index contributed by atoms with van der Waals surface area (Å²) in [5.74, 6) is -0.689. The largest absolute Gasteiger partial charge is 0.481 e. The standard InChI is InChI=1S/C14H16O4/c1-3-9-5-4-6-10-8(2)13(18-14(9)10)11(15)7-12(16)17/h4-6,11,15H,3,7H2,1-2H3,(H,16,17). The lowest BCUT2D eigenvalue weighted by Gasteiger charge is -2.04. The average Bonchev–Trinajstić information content (AvgIpc) is 2.66. The number of hydrogen-bond donors (Lipinski definition) is 2. The molecule has 0 amide bonds. The molecule has 96 valence electrons. The fraction of sp³-hybridized carbons (Fsp3) is 0.357. The number of aliphatic carboxylic acids is 1. The van der Waals surface area contributed by atoms with Crippen molar-refractivity contribution >= 4 is 16.9 Å². The van der Waals surface area contributed by atoms with Crippen molar-refractivity contribution < 1.29 is 19.4 Å². The van der Waals surface area contributed by atoms with Crippen LogP contribution in [0.4, 0.5) is 0 Å². The third-order valence-corrected chi connectivity index (χ3v) is 3.13. The Kier molecular flexibility index (Phi) is 3.39. The lowest BCUT2D eigenvalue weighted by atomic mass is 10.0. The third-order valence-electron chi connectivity index (χ3n) is 3.13. The lowest BCUT2D eigenvalue weighted by Crippen LogP contribution is -2.05. The molecular formula is C14H16O4. The summed E-state index contributed by atoms with van der Waals surface area (Å²) in [5, 5.41) is 19.5. The maximum Gasteiger partial charge on any atom is 0.306 e. The Morgan fingerprint density at radius 3 is 2.78 bits per heavy atom. The number of carboxylic acids is 1. The van der Waals surface area contributed by atoms with Crippen LogP contribution in [0.25, 0.3) is 11.0 Å². The van der Waals surface area contributed by atoms with Crippen molar-refractivity contribution in [1.82, 2.24) is 0 Å². The summed E-state index contributed by atoms with van der Waals surface area (Å²) in [4.78, 5) is 10.6. The molecule has 0 aliphatic heterocycles. The van der Waals surface area contributed by atoms with E-state index in [4.69, 9.17) is 9.52 Å². The van der Waals surface area contributed by atoms with Gasteiger partial charge < -0.3 is 14.6 Å². The number of hydrogen-bond acceptors (Lipinski definition) is 3. The van der Waals surface area contributed by atoms with Crippen LogP contribution >= 0.6 is 0 Å². The number of rotatable bonds is 4. The Labute approximate surface area is 105 Å². The molecule has 2 N–H and O–H groups in total. The van der Waals surface area contributed by atoms with Gasteiger partial charge in [-0.1, -0.05) is 25.1 Å². The highest BCUT2D eigenvalue weighted by Crippen LogP contribution is 2.32. The summed E-state index contributed by atoms with van der Waals surface area (Å²) in [6.45, 7) is 3.87. The molecule has 1 unspecified atom stereocenters. The summed E-state index contributed by atoms with van der Waals surface area (Å²) < 4.78 is 5.67. The molecule has 1 aromatic heterocycles. The van der Waals surface area contributed by atoms with Gasteiger partial charge in [-0.05, 0) is 18.9 Å². The van der Waals surface area contributed by atoms with Crippen LogP contribution in [0.3, 0.4) is 0 Å². The number of benzene rings is 1. The first-order valence-electron chi connectivity index (χ1n) is 5.95. The van der Waals surface area contributed by atoms with E-state index >= 15 is 0 Å². The number of carboxylic acid groups (broad SMARTS) is 1. The molecule has 0 saturated heterocycles. The summed E-state index contributed by atoms with van der Waals surface area (Å²) in [6, 6.07) is 5.83. The normalized spacial score (nSPS) is 12.8. The van der Waals surface area contributed by atoms with Crippen molar-refractivity contribution in [3.05, 3.63) is 35.1 Å². The maximum atomic E-state index is 10.6. The molecule has 0 fully saturated rings. The summed E-state index contributed by atoms with van der Waals surface area (Å²) in [7, 11) is 0. The van der Waals surface area contributed by atoms with E-state index in [2.05, 4.69) is 0 Å². The Balaban J connectivity index is 2.53. The summed E-state index contributed by atoms with van der Waals surface area (Å²) in [6.07, 6.45) is -0.611. The Morgan fingerprint density at radius 1 is 1.44 bits per heavy atom. The van der Waals surface area contributed by atoms with E-state index in [0.717, 1.165) is 28.5 Å². The first-order valence-corrected chi connectivity index (χ1v) is 5.95. The van der Waals surface area contributed by atoms with Crippen LogP contribution in [0.15, 0.2) is 22.6 Å². The number of carbonyl (C=O) groups is 1. The van der Waals surface area contributed by atoms with Gasteiger partial charge >= 0.3 is 5.97 Å². The van der Waals surface area contributed by atoms with Crippen molar-refractivity contribution in [3.8, 4) is 0 Å². The van der Waals surface area contributed by atoms with Crippen LogP contribution in [-0.2, 0) is 11.2 Å². The van der Waals surface area contributed by atoms with Crippen LogP contribution in [0, 0.1) is 6.92 Å². The second-order valence-electron chi connectivity index (χ2n) is 4.35. The molecule has 18 heavy (non-hydrogen) atoms. The fourth-order valence-corrected chi connectivity index (χ4v) is 2.17. The van der Waals surface area contributed by atoms with Crippen molar-refractivity contribution in [2.24, 2.45) is 0 Å². The predicted octanol–water partition coefficient (Wildman–Crippen LogP) is 2.81. The van der Waals surface area contributed by atoms with Crippen molar-refractivity contribution in [2.75, 3.05) is 0 Å². The van der Waals surface area contributed by atoms with E-state index in [9.17, 15) is 9.90 Å². The zero-order valence-electron chi connectivity index (χ0n) is 10.4. The number of fused-ring (bicyclic) bond motifs is 1. The molecule has 0 aliphatic rings. The third kappa shape index (κ3) is 2.11. The van der Waals surface area contributed by atoms with Gasteiger partial charge in [0, 0.05) is 10.9 Å². The molecule has 0 spiro atoms. The highest BCUT2D eigenvalue weighted by Gasteiger charge is 2.21. The Morgan fingerprint density at radius 2 is 2.17 bits per heavy atom. The number of aliphatic hydroxyl groups is 1. The van der Waals surface area contributed by atoms with Gasteiger partial charge in [0.15, 0.2) is 0 Å². The van der Waals surface area contributed by atoms with E-state index in [1.807, 2.05) is 32.0 Å². The monoisotopic (exact) mass is 248 g/mol. The Hall–Kier alpha value is -1.81. The van der Waals surface area contributed by atoms with Crippen molar-refractivity contribution in [1.29, 1.82) is 0 Å². The molecule has 0 aliphatic carbocycles. The van der Waals surface area contributed by atoms with Crippen LogP contribution in [0.1, 0.15) is 36.3 Å². The maximum absolute atomic E-state index is 10.6. The number of aryl methyl sites for hydroxylation is 2. The van der Waals surface area contributed by atoms with Crippen molar-refractivity contribution in [2.45, 2.75) is 32.8 Å². The van der Waals surface area contributed by atoms with E-state index in [1.165, 1.54) is 0 Å². The highest BCUT2D eigenvalue weighted by atomic mass is 16.4. The average molecular weight is 248 g/mol. The molecule has 2 rings (SSSR count). The SMILES string of the molecule is CCc1cccc2c(C)c(C(O)CC(=O)O)oc12. The van der Waals surface area contributed by atoms with Crippen LogP contribution < -0.4 is 0 Å². The fourth-order valence-electron chi connectivity index (χ4n) is 2.17. The topological polar surface area (TPSA) is 70.7 Å². The molecule has 1 atom stereocenters. The quantitative estimate of drug-likeness (QED) is 0.872. The number of aliphatic hydroxyl groups excluding tert-OH is 1. The number of furan rings is 1. The van der Waals surface area contributed by atoms with Gasteiger partial charge in [-0.2, -0.15) is 0 Å². The minimum absolute atomic E-state index is 0.345. The highest BCUT2D eigenvalue weighted by molar-refractivity contribution is 5.85. The summed E-state index contributed by atoms with van der Waals surface area (Å²) in [5.41, 5.74) is 2.62. The van der Waals surface area contributed by atoms with E-state index < -0.39 is 12.1 Å². The minimum Gasteiger partial charge on any atom is -0.481 e. The molecule has 1 heterocycles. The van der Waals surface area contributed by atoms with E-state index in [0.29, 0.717) is 5.76 Å². The van der Waals surface area contributed by atoms with Gasteiger partial charge in [-0.15, -0.1) is 0 Å². The van der Waals surface area contributed by atoms with Gasteiger partial charge in [0.2, 0.25) is 0 Å². The number of para-hydroxylation sites is 1. The first kappa shape index (κ1) is 12.6. The van der Waals surface area contributed by atoms with Gasteiger partial charge in [-0.25, -0.2) is 0 Å². The van der Waals surface area contributed by atoms with Crippen molar-refractivity contribution in [3.63, 3.8) is 0 Å². The molecule has 0 saturated carbocycles. The summed E-state index contributed by atoms with van der Waals surface area (Å²) >= 11 is 0. The first-order chi connectivity index (χ1) is 8.54. The Bertz CT molecular complexity index is 583. The molecule has 2 aromatic rings. The van der Waals surface area contributed by atoms with Gasteiger partial charge in [0.1, 0.15) is 17.4 Å². The zero-order valence-corrected chi connectivity index (χ0v) is 10.4. The molecule has 1 aromatic carbocycles. The molecule has 0 radical (unpaired) electrons. The second-order valence-corrected chi connectivity index (χ2v) is 4.35. The second kappa shape index (κ2) is 4.82.